The lowest BCUT2D eigenvalue weighted by molar-refractivity contribution is -0.192. The average molecular weight is 435 g/mol. The monoisotopic (exact) mass is 435 g/mol. The standard InChI is InChI=1S/C19H23N5.C2HF3O2/c1-2-23-19-9-8-16(12-15(19)13-21-23)20-14-17-10-11-24(22-17)18-6-4-3-5-7-18;3-2(4,5)1(6)7/h3-7,10-11,13,16,20H,2,8-9,12,14H2,1H3;(H,6,7). The van der Waals surface area contributed by atoms with Gasteiger partial charge in [0.25, 0.3) is 0 Å². The molecule has 0 saturated heterocycles. The zero-order chi connectivity index (χ0) is 22.4. The number of aliphatic carboxylic acids is 1. The van der Waals surface area contributed by atoms with E-state index in [1.807, 2.05) is 35.3 Å². The van der Waals surface area contributed by atoms with Gasteiger partial charge in [0, 0.05) is 31.0 Å². The molecule has 0 radical (unpaired) electrons. The van der Waals surface area contributed by atoms with Gasteiger partial charge in [0.15, 0.2) is 0 Å². The number of aryl methyl sites for hydroxylation is 1. The normalized spacial score (nSPS) is 15.7. The number of carbonyl (C=O) groups is 1. The zero-order valence-corrected chi connectivity index (χ0v) is 17.0. The van der Waals surface area contributed by atoms with E-state index in [2.05, 4.69) is 45.3 Å². The summed E-state index contributed by atoms with van der Waals surface area (Å²) in [5.74, 6) is -2.76. The number of nitrogens with one attached hydrogen (secondary N) is 1. The van der Waals surface area contributed by atoms with E-state index in [0.29, 0.717) is 6.04 Å². The van der Waals surface area contributed by atoms with E-state index in [9.17, 15) is 13.2 Å². The van der Waals surface area contributed by atoms with Crippen molar-refractivity contribution in [1.29, 1.82) is 0 Å². The molecule has 3 aromatic rings. The van der Waals surface area contributed by atoms with E-state index in [0.717, 1.165) is 43.7 Å². The molecule has 166 valence electrons. The van der Waals surface area contributed by atoms with Crippen LogP contribution in [0.15, 0.2) is 48.8 Å². The highest BCUT2D eigenvalue weighted by atomic mass is 19.4. The van der Waals surface area contributed by atoms with Crippen molar-refractivity contribution in [3.05, 3.63) is 65.7 Å². The van der Waals surface area contributed by atoms with Crippen molar-refractivity contribution in [1.82, 2.24) is 24.9 Å². The highest BCUT2D eigenvalue weighted by molar-refractivity contribution is 5.73. The highest BCUT2D eigenvalue weighted by Gasteiger charge is 2.38. The number of benzene rings is 1. The third-order valence-electron chi connectivity index (χ3n) is 5.01. The summed E-state index contributed by atoms with van der Waals surface area (Å²) < 4.78 is 35.8. The molecule has 0 fully saturated rings. The Balaban J connectivity index is 0.000000339. The molecule has 0 saturated carbocycles. The van der Waals surface area contributed by atoms with Gasteiger partial charge in [-0.3, -0.25) is 4.68 Å². The number of hydrogen-bond donors (Lipinski definition) is 2. The van der Waals surface area contributed by atoms with Gasteiger partial charge in [0.05, 0.1) is 17.6 Å². The minimum atomic E-state index is -5.08. The van der Waals surface area contributed by atoms with Crippen LogP contribution in [0.5, 0.6) is 0 Å². The van der Waals surface area contributed by atoms with Gasteiger partial charge >= 0.3 is 12.1 Å². The predicted molar refractivity (Wildman–Crippen MR) is 108 cm³/mol. The van der Waals surface area contributed by atoms with E-state index in [1.54, 1.807) is 0 Å². The fourth-order valence-electron chi connectivity index (χ4n) is 3.46. The molecular formula is C21H24F3N5O2. The first-order valence-corrected chi connectivity index (χ1v) is 9.95. The van der Waals surface area contributed by atoms with Crippen LogP contribution in [-0.2, 0) is 30.7 Å². The number of halogens is 3. The fraction of sp³-hybridized carbons (Fsp3) is 0.381. The summed E-state index contributed by atoms with van der Waals surface area (Å²) in [4.78, 5) is 8.90. The minimum absolute atomic E-state index is 0.508. The fourth-order valence-corrected chi connectivity index (χ4v) is 3.46. The molecule has 4 rings (SSSR count). The number of nitrogens with zero attached hydrogens (tertiary/aromatic N) is 4. The second-order valence-electron chi connectivity index (χ2n) is 7.14. The molecule has 1 atom stereocenters. The van der Waals surface area contributed by atoms with Crippen molar-refractivity contribution in [3.8, 4) is 5.69 Å². The summed E-state index contributed by atoms with van der Waals surface area (Å²) in [6, 6.07) is 12.8. The van der Waals surface area contributed by atoms with Gasteiger partial charge in [0.2, 0.25) is 0 Å². The summed E-state index contributed by atoms with van der Waals surface area (Å²) in [7, 11) is 0. The van der Waals surface area contributed by atoms with Crippen LogP contribution in [0.3, 0.4) is 0 Å². The molecule has 0 amide bonds. The van der Waals surface area contributed by atoms with E-state index >= 15 is 0 Å². The minimum Gasteiger partial charge on any atom is -0.475 e. The maximum Gasteiger partial charge on any atom is 0.490 e. The predicted octanol–water partition coefficient (Wildman–Crippen LogP) is 3.37. The van der Waals surface area contributed by atoms with Crippen molar-refractivity contribution in [3.63, 3.8) is 0 Å². The Morgan fingerprint density at radius 2 is 1.97 bits per heavy atom. The van der Waals surface area contributed by atoms with Crippen molar-refractivity contribution in [2.24, 2.45) is 0 Å². The van der Waals surface area contributed by atoms with Crippen LogP contribution in [0.1, 0.15) is 30.3 Å². The van der Waals surface area contributed by atoms with Gasteiger partial charge in [-0.15, -0.1) is 0 Å². The van der Waals surface area contributed by atoms with Crippen LogP contribution in [0.4, 0.5) is 13.2 Å². The Hall–Kier alpha value is -3.14. The van der Waals surface area contributed by atoms with Gasteiger partial charge in [-0.05, 0) is 49.9 Å². The summed E-state index contributed by atoms with van der Waals surface area (Å²) >= 11 is 0. The molecular weight excluding hydrogens is 411 g/mol. The maximum absolute atomic E-state index is 10.6. The summed E-state index contributed by atoms with van der Waals surface area (Å²) in [5, 5.41) is 19.9. The largest absolute Gasteiger partial charge is 0.490 e. The van der Waals surface area contributed by atoms with Crippen LogP contribution in [0, 0.1) is 0 Å². The van der Waals surface area contributed by atoms with Gasteiger partial charge in [-0.2, -0.15) is 23.4 Å². The lowest BCUT2D eigenvalue weighted by Crippen LogP contribution is -2.34. The van der Waals surface area contributed by atoms with Gasteiger partial charge in [0.1, 0.15) is 0 Å². The first-order chi connectivity index (χ1) is 14.8. The first-order valence-electron chi connectivity index (χ1n) is 9.95. The van der Waals surface area contributed by atoms with E-state index in [4.69, 9.17) is 9.90 Å². The van der Waals surface area contributed by atoms with E-state index < -0.39 is 12.1 Å². The maximum atomic E-state index is 10.6. The Kier molecular flexibility index (Phi) is 7.11. The molecule has 1 aliphatic rings. The third-order valence-corrected chi connectivity index (χ3v) is 5.01. The van der Waals surface area contributed by atoms with Crippen LogP contribution in [0.2, 0.25) is 0 Å². The number of fused-ring (bicyclic) bond motifs is 1. The SMILES string of the molecule is CCn1ncc2c1CCC(NCc1ccn(-c3ccccc3)n1)C2.O=C(O)C(F)(F)F. The smallest absolute Gasteiger partial charge is 0.475 e. The zero-order valence-electron chi connectivity index (χ0n) is 17.0. The molecule has 2 aromatic heterocycles. The number of rotatable bonds is 5. The van der Waals surface area contributed by atoms with Crippen molar-refractivity contribution in [2.75, 3.05) is 0 Å². The van der Waals surface area contributed by atoms with Crippen molar-refractivity contribution >= 4 is 5.97 Å². The van der Waals surface area contributed by atoms with Crippen LogP contribution in [0.25, 0.3) is 5.69 Å². The Labute approximate surface area is 177 Å². The van der Waals surface area contributed by atoms with Crippen LogP contribution in [-0.4, -0.2) is 42.9 Å². The molecule has 0 aliphatic heterocycles. The quantitative estimate of drug-likeness (QED) is 0.642. The van der Waals surface area contributed by atoms with E-state index in [1.165, 1.54) is 11.3 Å². The average Bonchev–Trinajstić information content (AvgIpc) is 3.39. The number of hydrogen-bond acceptors (Lipinski definition) is 4. The van der Waals surface area contributed by atoms with Gasteiger partial charge < -0.3 is 10.4 Å². The lowest BCUT2D eigenvalue weighted by Gasteiger charge is -2.23. The molecule has 7 nitrogen and oxygen atoms in total. The van der Waals surface area contributed by atoms with Gasteiger partial charge in [-0.1, -0.05) is 18.2 Å². The number of para-hydroxylation sites is 1. The number of alkyl halides is 3. The summed E-state index contributed by atoms with van der Waals surface area (Å²) in [6.45, 7) is 3.92. The van der Waals surface area contributed by atoms with Crippen LogP contribution < -0.4 is 5.32 Å². The summed E-state index contributed by atoms with van der Waals surface area (Å²) in [5.41, 5.74) is 4.99. The number of carboxylic acids is 1. The molecule has 1 aliphatic carbocycles. The number of aromatic nitrogens is 4. The van der Waals surface area contributed by atoms with Crippen LogP contribution >= 0.6 is 0 Å². The molecule has 1 unspecified atom stereocenters. The molecule has 31 heavy (non-hydrogen) atoms. The highest BCUT2D eigenvalue weighted by Crippen LogP contribution is 2.21. The van der Waals surface area contributed by atoms with Crippen molar-refractivity contribution in [2.45, 2.75) is 51.5 Å². The lowest BCUT2D eigenvalue weighted by atomic mass is 9.93. The number of carboxylic acid groups (broad SMARTS) is 1. The first kappa shape index (κ1) is 22.5. The molecule has 0 bridgehead atoms. The molecule has 10 heteroatoms. The van der Waals surface area contributed by atoms with Crippen molar-refractivity contribution < 1.29 is 23.1 Å². The van der Waals surface area contributed by atoms with E-state index in [-0.39, 0.29) is 0 Å². The molecule has 2 N–H and O–H groups in total. The molecule has 2 heterocycles. The summed E-state index contributed by atoms with van der Waals surface area (Å²) in [6.07, 6.45) is 2.32. The topological polar surface area (TPSA) is 85.0 Å². The Morgan fingerprint density at radius 3 is 2.61 bits per heavy atom. The second kappa shape index (κ2) is 9.78. The third kappa shape index (κ3) is 5.94. The molecule has 1 aromatic carbocycles. The Bertz CT molecular complexity index is 998. The Morgan fingerprint density at radius 1 is 1.26 bits per heavy atom. The second-order valence-corrected chi connectivity index (χ2v) is 7.14. The van der Waals surface area contributed by atoms with Gasteiger partial charge in [-0.25, -0.2) is 9.48 Å². The molecule has 0 spiro atoms.